The van der Waals surface area contributed by atoms with Crippen LogP contribution in [0, 0.1) is 0 Å². The molecule has 1 unspecified atom stereocenters. The van der Waals surface area contributed by atoms with Crippen LogP contribution in [0.3, 0.4) is 0 Å². The van der Waals surface area contributed by atoms with Crippen LogP contribution in [0.5, 0.6) is 5.75 Å². The minimum Gasteiger partial charge on any atom is -0.494 e. The number of nitrogens with one attached hydrogen (secondary N) is 1. The molecular formula is C21H22Cl2N2O3. The van der Waals surface area contributed by atoms with Crippen LogP contribution in [0.1, 0.15) is 41.7 Å². The third-order valence-corrected chi connectivity index (χ3v) is 5.27. The Kier molecular flexibility index (Phi) is 6.81. The highest BCUT2D eigenvalue weighted by molar-refractivity contribution is 6.36. The van der Waals surface area contributed by atoms with Gasteiger partial charge in [0.2, 0.25) is 5.91 Å². The van der Waals surface area contributed by atoms with E-state index in [1.807, 2.05) is 36.1 Å². The second kappa shape index (κ2) is 9.30. The molecule has 1 saturated heterocycles. The molecule has 3 rings (SSSR count). The maximum absolute atomic E-state index is 12.7. The van der Waals surface area contributed by atoms with E-state index in [2.05, 4.69) is 5.32 Å². The molecule has 0 aliphatic carbocycles. The Balaban J connectivity index is 1.62. The van der Waals surface area contributed by atoms with Crippen molar-refractivity contribution in [3.63, 3.8) is 0 Å². The van der Waals surface area contributed by atoms with Crippen molar-refractivity contribution < 1.29 is 14.3 Å². The number of halogens is 2. The Labute approximate surface area is 174 Å². The number of rotatable bonds is 6. The molecule has 0 bridgehead atoms. The molecule has 1 aliphatic rings. The normalized spacial score (nSPS) is 16.1. The number of carbonyl (C=O) groups is 2. The van der Waals surface area contributed by atoms with E-state index in [1.165, 1.54) is 6.07 Å². The Bertz CT molecular complexity index is 855. The quantitative estimate of drug-likeness (QED) is 0.748. The second-order valence-electron chi connectivity index (χ2n) is 6.55. The first-order chi connectivity index (χ1) is 13.5. The van der Waals surface area contributed by atoms with Crippen molar-refractivity contribution >= 4 is 35.0 Å². The van der Waals surface area contributed by atoms with E-state index < -0.39 is 5.91 Å². The summed E-state index contributed by atoms with van der Waals surface area (Å²) in [6.07, 6.45) is 1.83. The molecule has 7 heteroatoms. The fourth-order valence-corrected chi connectivity index (χ4v) is 3.89. The fourth-order valence-electron chi connectivity index (χ4n) is 3.39. The Morgan fingerprint density at radius 1 is 1.18 bits per heavy atom. The van der Waals surface area contributed by atoms with Crippen LogP contribution in [0.25, 0.3) is 0 Å². The molecule has 1 fully saturated rings. The molecule has 0 aromatic heterocycles. The van der Waals surface area contributed by atoms with Gasteiger partial charge in [0.25, 0.3) is 5.91 Å². The minimum atomic E-state index is -0.396. The summed E-state index contributed by atoms with van der Waals surface area (Å²) < 4.78 is 5.47. The van der Waals surface area contributed by atoms with E-state index in [-0.39, 0.29) is 23.5 Å². The summed E-state index contributed by atoms with van der Waals surface area (Å²) in [4.78, 5) is 26.8. The number of hydrogen-bond acceptors (Lipinski definition) is 3. The minimum absolute atomic E-state index is 0.0131. The van der Waals surface area contributed by atoms with Gasteiger partial charge in [-0.3, -0.25) is 9.59 Å². The summed E-state index contributed by atoms with van der Waals surface area (Å²) in [7, 11) is 0. The van der Waals surface area contributed by atoms with Crippen LogP contribution >= 0.6 is 23.2 Å². The van der Waals surface area contributed by atoms with Crippen molar-refractivity contribution in [2.24, 2.45) is 0 Å². The number of nitrogens with zero attached hydrogens (tertiary/aromatic N) is 1. The first-order valence-electron chi connectivity index (χ1n) is 9.25. The van der Waals surface area contributed by atoms with E-state index in [1.54, 1.807) is 12.1 Å². The van der Waals surface area contributed by atoms with Gasteiger partial charge in [-0.05, 0) is 55.7 Å². The molecule has 1 N–H and O–H groups in total. The number of carbonyl (C=O) groups excluding carboxylic acids is 2. The van der Waals surface area contributed by atoms with Gasteiger partial charge in [-0.2, -0.15) is 0 Å². The summed E-state index contributed by atoms with van der Waals surface area (Å²) in [6, 6.07) is 12.5. The zero-order valence-corrected chi connectivity index (χ0v) is 17.1. The van der Waals surface area contributed by atoms with Crippen molar-refractivity contribution in [1.82, 2.24) is 10.2 Å². The van der Waals surface area contributed by atoms with Gasteiger partial charge in [-0.25, -0.2) is 0 Å². The smallest absolute Gasteiger partial charge is 0.253 e. The lowest BCUT2D eigenvalue weighted by atomic mass is 10.0. The van der Waals surface area contributed by atoms with E-state index in [0.29, 0.717) is 23.7 Å². The predicted molar refractivity (Wildman–Crippen MR) is 110 cm³/mol. The number of benzene rings is 2. The summed E-state index contributed by atoms with van der Waals surface area (Å²) >= 11 is 11.9. The molecule has 1 atom stereocenters. The van der Waals surface area contributed by atoms with E-state index >= 15 is 0 Å². The predicted octanol–water partition coefficient (Wildman–Crippen LogP) is 4.49. The highest BCUT2D eigenvalue weighted by Gasteiger charge is 2.30. The number of ether oxygens (including phenoxy) is 1. The lowest BCUT2D eigenvalue weighted by Gasteiger charge is -2.25. The molecule has 0 radical (unpaired) electrons. The molecule has 1 aliphatic heterocycles. The summed E-state index contributed by atoms with van der Waals surface area (Å²) in [5.74, 6) is 0.302. The van der Waals surface area contributed by atoms with E-state index in [4.69, 9.17) is 27.9 Å². The standard InChI is InChI=1S/C21H22Cl2N2O3/c1-2-28-16-8-5-14(6-9-16)19-4-3-11-25(19)20(26)13-24-21(27)17-10-7-15(22)12-18(17)23/h5-10,12,19H,2-4,11,13H2,1H3,(H,24,27). The maximum Gasteiger partial charge on any atom is 0.253 e. The van der Waals surface area contributed by atoms with Gasteiger partial charge >= 0.3 is 0 Å². The van der Waals surface area contributed by atoms with Gasteiger partial charge in [0, 0.05) is 11.6 Å². The summed E-state index contributed by atoms with van der Waals surface area (Å²) in [5.41, 5.74) is 1.37. The van der Waals surface area contributed by atoms with Crippen molar-refractivity contribution in [1.29, 1.82) is 0 Å². The first kappa shape index (κ1) is 20.5. The molecule has 1 heterocycles. The summed E-state index contributed by atoms with van der Waals surface area (Å²) in [6.45, 7) is 3.15. The van der Waals surface area contributed by atoms with Crippen LogP contribution in [-0.2, 0) is 4.79 Å². The van der Waals surface area contributed by atoms with Crippen molar-refractivity contribution in [3.05, 3.63) is 63.6 Å². The van der Waals surface area contributed by atoms with Crippen LogP contribution in [0.2, 0.25) is 10.0 Å². The molecule has 148 valence electrons. The average Bonchev–Trinajstić information content (AvgIpc) is 3.16. The molecular weight excluding hydrogens is 399 g/mol. The van der Waals surface area contributed by atoms with Crippen molar-refractivity contribution in [2.45, 2.75) is 25.8 Å². The average molecular weight is 421 g/mol. The van der Waals surface area contributed by atoms with Gasteiger partial charge in [0.05, 0.1) is 29.8 Å². The molecule has 0 saturated carbocycles. The van der Waals surface area contributed by atoms with Gasteiger partial charge in [-0.1, -0.05) is 35.3 Å². The van der Waals surface area contributed by atoms with Gasteiger partial charge in [0.15, 0.2) is 0 Å². The topological polar surface area (TPSA) is 58.6 Å². The zero-order valence-electron chi connectivity index (χ0n) is 15.6. The number of hydrogen-bond donors (Lipinski definition) is 1. The van der Waals surface area contributed by atoms with Crippen LogP contribution in [-0.4, -0.2) is 36.4 Å². The Morgan fingerprint density at radius 2 is 1.93 bits per heavy atom. The highest BCUT2D eigenvalue weighted by atomic mass is 35.5. The van der Waals surface area contributed by atoms with Crippen LogP contribution in [0.4, 0.5) is 0 Å². The zero-order chi connectivity index (χ0) is 20.1. The molecule has 2 amide bonds. The van der Waals surface area contributed by atoms with Crippen LogP contribution < -0.4 is 10.1 Å². The monoisotopic (exact) mass is 420 g/mol. The van der Waals surface area contributed by atoms with Gasteiger partial charge < -0.3 is 15.0 Å². The van der Waals surface area contributed by atoms with Gasteiger partial charge in [-0.15, -0.1) is 0 Å². The molecule has 2 aromatic rings. The third-order valence-electron chi connectivity index (χ3n) is 4.72. The Morgan fingerprint density at radius 3 is 2.61 bits per heavy atom. The molecule has 0 spiro atoms. The SMILES string of the molecule is CCOc1ccc(C2CCCN2C(=O)CNC(=O)c2ccc(Cl)cc2Cl)cc1. The molecule has 28 heavy (non-hydrogen) atoms. The Hall–Kier alpha value is -2.24. The van der Waals surface area contributed by atoms with Crippen LogP contribution in [0.15, 0.2) is 42.5 Å². The summed E-state index contributed by atoms with van der Waals surface area (Å²) in [5, 5.41) is 3.36. The van der Waals surface area contributed by atoms with Crippen molar-refractivity contribution in [3.8, 4) is 5.75 Å². The number of amides is 2. The lowest BCUT2D eigenvalue weighted by molar-refractivity contribution is -0.131. The lowest BCUT2D eigenvalue weighted by Crippen LogP contribution is -2.39. The maximum atomic E-state index is 12.7. The van der Waals surface area contributed by atoms with Crippen molar-refractivity contribution in [2.75, 3.05) is 19.7 Å². The molecule has 5 nitrogen and oxygen atoms in total. The first-order valence-corrected chi connectivity index (χ1v) is 10.0. The third kappa shape index (κ3) is 4.78. The largest absolute Gasteiger partial charge is 0.494 e. The fraction of sp³-hybridized carbons (Fsp3) is 0.333. The molecule has 2 aromatic carbocycles. The van der Waals surface area contributed by atoms with E-state index in [0.717, 1.165) is 24.2 Å². The second-order valence-corrected chi connectivity index (χ2v) is 7.40. The van der Waals surface area contributed by atoms with E-state index in [9.17, 15) is 9.59 Å². The number of likely N-dealkylation sites (tertiary alicyclic amines) is 1. The highest BCUT2D eigenvalue weighted by Crippen LogP contribution is 2.32. The van der Waals surface area contributed by atoms with Gasteiger partial charge in [0.1, 0.15) is 5.75 Å².